The topological polar surface area (TPSA) is 41.6 Å². The van der Waals surface area contributed by atoms with Crippen molar-refractivity contribution in [3.63, 3.8) is 0 Å². The van der Waals surface area contributed by atoms with E-state index < -0.39 is 0 Å². The monoisotopic (exact) mass is 219 g/mol. The number of nitrogens with zero attached hydrogens (tertiary/aromatic N) is 2. The maximum atomic E-state index is 4.43. The van der Waals surface area contributed by atoms with Crippen molar-refractivity contribution in [2.45, 2.75) is 0 Å². The van der Waals surface area contributed by atoms with Crippen molar-refractivity contribution in [3.8, 4) is 0 Å². The van der Waals surface area contributed by atoms with Crippen LogP contribution in [-0.4, -0.2) is 15.0 Å². The first-order valence-electron chi connectivity index (χ1n) is 5.52. The number of benzene rings is 1. The van der Waals surface area contributed by atoms with Gasteiger partial charge in [-0.05, 0) is 12.1 Å². The molecule has 80 valence electrons. The summed E-state index contributed by atoms with van der Waals surface area (Å²) in [5.74, 6) is 0. The standard InChI is InChI=1S/C14H9N3/c1-2-4-12-9(3-1)14-10-7-15-6-5-11(10)16-8-13(14)17-12/h1-8,17H. The lowest BCUT2D eigenvalue weighted by Gasteiger charge is -1.97. The quantitative estimate of drug-likeness (QED) is 0.493. The molecule has 0 amide bonds. The van der Waals surface area contributed by atoms with E-state index in [1.807, 2.05) is 24.5 Å². The Balaban J connectivity index is 2.38. The molecule has 4 aromatic rings. The molecule has 3 heteroatoms. The van der Waals surface area contributed by atoms with E-state index in [4.69, 9.17) is 0 Å². The molecule has 3 nitrogen and oxygen atoms in total. The van der Waals surface area contributed by atoms with Gasteiger partial charge in [0.15, 0.2) is 0 Å². The van der Waals surface area contributed by atoms with Crippen LogP contribution >= 0.6 is 0 Å². The minimum Gasteiger partial charge on any atom is -0.353 e. The molecular weight excluding hydrogens is 210 g/mol. The SMILES string of the molecule is c1ccc2c(c1)[nH]c1cnc3ccncc3c12. The fraction of sp³-hybridized carbons (Fsp3) is 0. The lowest BCUT2D eigenvalue weighted by atomic mass is 10.1. The fourth-order valence-electron chi connectivity index (χ4n) is 2.38. The minimum absolute atomic E-state index is 0.984. The largest absolute Gasteiger partial charge is 0.353 e. The number of aromatic amines is 1. The van der Waals surface area contributed by atoms with Crippen LogP contribution in [0.25, 0.3) is 32.7 Å². The van der Waals surface area contributed by atoms with E-state index in [1.54, 1.807) is 6.20 Å². The molecule has 4 rings (SSSR count). The summed E-state index contributed by atoms with van der Waals surface area (Å²) in [7, 11) is 0. The van der Waals surface area contributed by atoms with E-state index in [0.29, 0.717) is 0 Å². The average Bonchev–Trinajstić information content (AvgIpc) is 2.77. The molecule has 0 radical (unpaired) electrons. The van der Waals surface area contributed by atoms with Crippen LogP contribution in [-0.2, 0) is 0 Å². The zero-order valence-electron chi connectivity index (χ0n) is 9.01. The Bertz CT molecular complexity index is 840. The van der Waals surface area contributed by atoms with E-state index in [0.717, 1.165) is 21.9 Å². The Morgan fingerprint density at radius 2 is 1.82 bits per heavy atom. The summed E-state index contributed by atoms with van der Waals surface area (Å²) in [6.07, 6.45) is 5.54. The zero-order valence-corrected chi connectivity index (χ0v) is 9.01. The lowest BCUT2D eigenvalue weighted by molar-refractivity contribution is 1.33. The molecule has 0 saturated carbocycles. The number of nitrogens with one attached hydrogen (secondary N) is 1. The third-order valence-corrected chi connectivity index (χ3v) is 3.14. The average molecular weight is 219 g/mol. The highest BCUT2D eigenvalue weighted by atomic mass is 14.8. The first kappa shape index (κ1) is 8.70. The summed E-state index contributed by atoms with van der Waals surface area (Å²) in [5, 5.41) is 3.53. The van der Waals surface area contributed by atoms with Crippen LogP contribution in [0.5, 0.6) is 0 Å². The number of para-hydroxylation sites is 1. The number of fused-ring (bicyclic) bond motifs is 5. The molecule has 3 aromatic heterocycles. The van der Waals surface area contributed by atoms with Crippen LogP contribution in [0.1, 0.15) is 0 Å². The van der Waals surface area contributed by atoms with Crippen LogP contribution in [0.15, 0.2) is 48.9 Å². The normalized spacial score (nSPS) is 11.5. The van der Waals surface area contributed by atoms with Crippen molar-refractivity contribution in [2.24, 2.45) is 0 Å². The van der Waals surface area contributed by atoms with Gasteiger partial charge in [-0.1, -0.05) is 18.2 Å². The zero-order chi connectivity index (χ0) is 11.2. The minimum atomic E-state index is 0.984. The predicted octanol–water partition coefficient (Wildman–Crippen LogP) is 3.26. The third-order valence-electron chi connectivity index (χ3n) is 3.14. The number of rotatable bonds is 0. The summed E-state index contributed by atoms with van der Waals surface area (Å²) in [6.45, 7) is 0. The van der Waals surface area contributed by atoms with E-state index in [2.05, 4.69) is 33.2 Å². The van der Waals surface area contributed by atoms with E-state index in [-0.39, 0.29) is 0 Å². The van der Waals surface area contributed by atoms with Crippen molar-refractivity contribution in [1.82, 2.24) is 15.0 Å². The first-order chi connectivity index (χ1) is 8.43. The van der Waals surface area contributed by atoms with Crippen LogP contribution in [0, 0.1) is 0 Å². The van der Waals surface area contributed by atoms with Crippen LogP contribution < -0.4 is 0 Å². The molecule has 0 aliphatic rings. The number of pyridine rings is 2. The van der Waals surface area contributed by atoms with Gasteiger partial charge in [-0.3, -0.25) is 9.97 Å². The van der Waals surface area contributed by atoms with Gasteiger partial charge in [-0.15, -0.1) is 0 Å². The molecule has 0 fully saturated rings. The molecule has 1 N–H and O–H groups in total. The van der Waals surface area contributed by atoms with Crippen molar-refractivity contribution in [2.75, 3.05) is 0 Å². The smallest absolute Gasteiger partial charge is 0.0740 e. The van der Waals surface area contributed by atoms with Gasteiger partial charge < -0.3 is 4.98 Å². The Labute approximate surface area is 97.1 Å². The van der Waals surface area contributed by atoms with Crippen LogP contribution in [0.3, 0.4) is 0 Å². The highest BCUT2D eigenvalue weighted by molar-refractivity contribution is 6.18. The van der Waals surface area contributed by atoms with Gasteiger partial charge in [0.1, 0.15) is 0 Å². The summed E-state index contributed by atoms with van der Waals surface area (Å²) in [5.41, 5.74) is 3.18. The number of H-pyrrole nitrogens is 1. The predicted molar refractivity (Wildman–Crippen MR) is 68.9 cm³/mol. The van der Waals surface area contributed by atoms with Gasteiger partial charge in [0.2, 0.25) is 0 Å². The molecular formula is C14H9N3. The molecule has 0 saturated heterocycles. The number of hydrogen-bond donors (Lipinski definition) is 1. The number of aromatic nitrogens is 3. The molecule has 17 heavy (non-hydrogen) atoms. The Hall–Kier alpha value is -2.42. The van der Waals surface area contributed by atoms with Crippen LogP contribution in [0.2, 0.25) is 0 Å². The van der Waals surface area contributed by atoms with Gasteiger partial charge in [-0.25, -0.2) is 0 Å². The van der Waals surface area contributed by atoms with Crippen molar-refractivity contribution in [1.29, 1.82) is 0 Å². The maximum absolute atomic E-state index is 4.43. The van der Waals surface area contributed by atoms with Gasteiger partial charge >= 0.3 is 0 Å². The van der Waals surface area contributed by atoms with Crippen LogP contribution in [0.4, 0.5) is 0 Å². The lowest BCUT2D eigenvalue weighted by Crippen LogP contribution is -1.80. The highest BCUT2D eigenvalue weighted by Gasteiger charge is 2.07. The maximum Gasteiger partial charge on any atom is 0.0740 e. The Morgan fingerprint density at radius 3 is 2.82 bits per heavy atom. The second-order valence-corrected chi connectivity index (χ2v) is 4.11. The summed E-state index contributed by atoms with van der Waals surface area (Å²) in [4.78, 5) is 12.0. The van der Waals surface area contributed by atoms with Crippen molar-refractivity contribution < 1.29 is 0 Å². The van der Waals surface area contributed by atoms with Crippen molar-refractivity contribution in [3.05, 3.63) is 48.9 Å². The molecule has 1 aromatic carbocycles. The molecule has 0 aliphatic heterocycles. The highest BCUT2D eigenvalue weighted by Crippen LogP contribution is 2.29. The van der Waals surface area contributed by atoms with Gasteiger partial charge in [0.25, 0.3) is 0 Å². The molecule has 0 spiro atoms. The van der Waals surface area contributed by atoms with Crippen molar-refractivity contribution >= 4 is 32.7 Å². The van der Waals surface area contributed by atoms with E-state index in [9.17, 15) is 0 Å². The molecule has 0 bridgehead atoms. The third kappa shape index (κ3) is 1.11. The first-order valence-corrected chi connectivity index (χ1v) is 5.52. The molecule has 3 heterocycles. The van der Waals surface area contributed by atoms with Gasteiger partial charge in [0, 0.05) is 34.1 Å². The van der Waals surface area contributed by atoms with E-state index >= 15 is 0 Å². The molecule has 0 aliphatic carbocycles. The summed E-state index contributed by atoms with van der Waals surface area (Å²) >= 11 is 0. The van der Waals surface area contributed by atoms with Gasteiger partial charge in [0.05, 0.1) is 17.2 Å². The summed E-state index contributed by atoms with van der Waals surface area (Å²) in [6, 6.07) is 10.2. The summed E-state index contributed by atoms with van der Waals surface area (Å²) < 4.78 is 0. The second kappa shape index (κ2) is 3.04. The molecule has 0 atom stereocenters. The van der Waals surface area contributed by atoms with Gasteiger partial charge in [-0.2, -0.15) is 0 Å². The Kier molecular flexibility index (Phi) is 1.56. The second-order valence-electron chi connectivity index (χ2n) is 4.11. The van der Waals surface area contributed by atoms with E-state index in [1.165, 1.54) is 10.8 Å². The fourth-order valence-corrected chi connectivity index (χ4v) is 2.38. The Morgan fingerprint density at radius 1 is 0.882 bits per heavy atom. The number of hydrogen-bond acceptors (Lipinski definition) is 2. The molecule has 0 unspecified atom stereocenters.